The quantitative estimate of drug-likeness (QED) is 0.0792. The fraction of sp³-hybridized carbons (Fsp3) is 0.833. The van der Waals surface area contributed by atoms with Gasteiger partial charge < -0.3 is 49.8 Å². The van der Waals surface area contributed by atoms with Crippen LogP contribution in [-0.2, 0) is 37.6 Å². The second kappa shape index (κ2) is 22.7. The van der Waals surface area contributed by atoms with Gasteiger partial charge >= 0.3 is 12.2 Å². The molecule has 0 saturated carbocycles. The molecule has 15 nitrogen and oxygen atoms in total. The van der Waals surface area contributed by atoms with Crippen molar-refractivity contribution >= 4 is 38.3 Å². The third kappa shape index (κ3) is 26.5. The molecule has 5 amide bonds. The third-order valence-corrected chi connectivity index (χ3v) is 6.96. The number of ether oxygens (including phenoxy) is 3. The van der Waals surface area contributed by atoms with Crippen molar-refractivity contribution in [2.24, 2.45) is 0 Å². The summed E-state index contributed by atoms with van der Waals surface area (Å²) >= 11 is 0. The Labute approximate surface area is 275 Å². The average Bonchev–Trinajstić information content (AvgIpc) is 2.93. The van der Waals surface area contributed by atoms with Gasteiger partial charge in [-0.2, -0.15) is 0 Å². The van der Waals surface area contributed by atoms with Crippen molar-refractivity contribution in [3.05, 3.63) is 0 Å². The van der Waals surface area contributed by atoms with Gasteiger partial charge in [-0.25, -0.2) is 9.59 Å². The standard InChI is InChI=1S/C30H58N5O10P/c1-10-17-42-46(9)43-18-12-16-31-23(36)20-33-24(37)21-34-25(38)22-35-27(40)45-30(7,8)14-19-41-29(5,6)13-11-15-32-26(39)44-28(2,3)4/h10-22H2,1-9H3,(H,31,36)(H,32,39)(H,33,37)(H,34,38)(H,35,40). The van der Waals surface area contributed by atoms with Crippen LogP contribution in [0, 0.1) is 0 Å². The molecule has 0 aliphatic heterocycles. The summed E-state index contributed by atoms with van der Waals surface area (Å²) in [6, 6.07) is 0. The molecule has 0 aromatic heterocycles. The van der Waals surface area contributed by atoms with Crippen molar-refractivity contribution in [2.75, 3.05) is 59.2 Å². The first kappa shape index (κ1) is 43.3. The summed E-state index contributed by atoms with van der Waals surface area (Å²) in [4.78, 5) is 59.8. The molecular weight excluding hydrogens is 621 g/mol. The van der Waals surface area contributed by atoms with E-state index in [4.69, 9.17) is 23.3 Å². The number of hydrogen-bond donors (Lipinski definition) is 5. The number of rotatable bonds is 23. The Kier molecular flexibility index (Phi) is 21.4. The highest BCUT2D eigenvalue weighted by molar-refractivity contribution is 7.46. The van der Waals surface area contributed by atoms with E-state index in [1.54, 1.807) is 34.6 Å². The number of amides is 5. The van der Waals surface area contributed by atoms with Gasteiger partial charge in [0.15, 0.2) is 8.38 Å². The van der Waals surface area contributed by atoms with Crippen molar-refractivity contribution in [3.8, 4) is 0 Å². The van der Waals surface area contributed by atoms with E-state index in [1.807, 2.05) is 27.4 Å². The SMILES string of the molecule is CCCOP(C)OCCCNC(=O)CNC(=O)CNC(=O)CNC(=O)OC(C)(C)CCOC(C)(C)CCCNC(=O)OC(C)(C)C. The molecule has 0 spiro atoms. The van der Waals surface area contributed by atoms with E-state index in [1.165, 1.54) is 0 Å². The van der Waals surface area contributed by atoms with E-state index < -0.39 is 55.7 Å². The number of carbonyl (C=O) groups is 5. The minimum atomic E-state index is -0.919. The van der Waals surface area contributed by atoms with Crippen molar-refractivity contribution < 1.29 is 47.2 Å². The Bertz CT molecular complexity index is 944. The predicted molar refractivity (Wildman–Crippen MR) is 175 cm³/mol. The number of nitrogens with one attached hydrogen (secondary N) is 5. The molecule has 268 valence electrons. The summed E-state index contributed by atoms with van der Waals surface area (Å²) in [5, 5.41) is 12.5. The molecule has 5 N–H and O–H groups in total. The molecule has 0 heterocycles. The van der Waals surface area contributed by atoms with Crippen LogP contribution in [0.25, 0.3) is 0 Å². The Hall–Kier alpha value is -2.74. The molecule has 0 aromatic carbocycles. The highest BCUT2D eigenvalue weighted by Gasteiger charge is 2.26. The van der Waals surface area contributed by atoms with Crippen LogP contribution < -0.4 is 26.6 Å². The molecule has 0 aliphatic rings. The van der Waals surface area contributed by atoms with Crippen LogP contribution in [0.5, 0.6) is 0 Å². The van der Waals surface area contributed by atoms with Gasteiger partial charge in [0, 0.05) is 26.2 Å². The minimum absolute atomic E-state index is 0.235. The van der Waals surface area contributed by atoms with E-state index in [0.29, 0.717) is 58.6 Å². The zero-order valence-corrected chi connectivity index (χ0v) is 30.1. The fourth-order valence-electron chi connectivity index (χ4n) is 3.45. The number of carbonyl (C=O) groups excluding carboxylic acids is 5. The van der Waals surface area contributed by atoms with Gasteiger partial charge in [-0.3, -0.25) is 14.4 Å². The normalized spacial score (nSPS) is 12.5. The van der Waals surface area contributed by atoms with E-state index in [-0.39, 0.29) is 19.0 Å². The van der Waals surface area contributed by atoms with Gasteiger partial charge in [-0.05, 0) is 74.1 Å². The molecule has 16 heteroatoms. The highest BCUT2D eigenvalue weighted by Crippen LogP contribution is 2.33. The van der Waals surface area contributed by atoms with Crippen molar-refractivity contribution in [1.29, 1.82) is 0 Å². The second-order valence-corrected chi connectivity index (χ2v) is 14.2. The molecule has 1 atom stereocenters. The Balaban J connectivity index is 4.08. The molecule has 0 aromatic rings. The zero-order valence-electron chi connectivity index (χ0n) is 29.2. The lowest BCUT2D eigenvalue weighted by molar-refractivity contribution is -0.127. The van der Waals surface area contributed by atoms with Gasteiger partial charge in [-0.15, -0.1) is 0 Å². The topological polar surface area (TPSA) is 192 Å². The maximum Gasteiger partial charge on any atom is 0.408 e. The monoisotopic (exact) mass is 679 g/mol. The van der Waals surface area contributed by atoms with Crippen LogP contribution in [0.1, 0.15) is 87.5 Å². The van der Waals surface area contributed by atoms with Gasteiger partial charge in [0.1, 0.15) is 17.7 Å². The first-order chi connectivity index (χ1) is 21.3. The Morgan fingerprint density at radius 1 is 0.587 bits per heavy atom. The fourth-order valence-corrected chi connectivity index (χ4v) is 4.35. The van der Waals surface area contributed by atoms with E-state index >= 15 is 0 Å². The summed E-state index contributed by atoms with van der Waals surface area (Å²) in [5.41, 5.74) is -1.88. The van der Waals surface area contributed by atoms with Gasteiger partial charge in [0.05, 0.1) is 38.5 Å². The summed E-state index contributed by atoms with van der Waals surface area (Å²) in [6.07, 6.45) is 2.07. The molecule has 0 aliphatic carbocycles. The maximum absolute atomic E-state index is 12.2. The van der Waals surface area contributed by atoms with Gasteiger partial charge in [0.2, 0.25) is 17.7 Å². The Morgan fingerprint density at radius 2 is 1.11 bits per heavy atom. The van der Waals surface area contributed by atoms with E-state index in [9.17, 15) is 24.0 Å². The molecular formula is C30H58N5O10P. The summed E-state index contributed by atoms with van der Waals surface area (Å²) in [7, 11) is -0.919. The molecule has 0 radical (unpaired) electrons. The Morgan fingerprint density at radius 3 is 1.70 bits per heavy atom. The van der Waals surface area contributed by atoms with Gasteiger partial charge in [-0.1, -0.05) is 6.92 Å². The summed E-state index contributed by atoms with van der Waals surface area (Å²) in [6.45, 7) is 17.9. The lowest BCUT2D eigenvalue weighted by atomic mass is 10.0. The van der Waals surface area contributed by atoms with Crippen molar-refractivity contribution in [2.45, 2.75) is 104 Å². The smallest absolute Gasteiger partial charge is 0.408 e. The first-order valence-electron chi connectivity index (χ1n) is 15.7. The summed E-state index contributed by atoms with van der Waals surface area (Å²) < 4.78 is 27.6. The number of hydrogen-bond acceptors (Lipinski definition) is 10. The molecule has 0 fully saturated rings. The van der Waals surface area contributed by atoms with E-state index in [0.717, 1.165) is 6.42 Å². The second-order valence-electron chi connectivity index (χ2n) is 12.8. The van der Waals surface area contributed by atoms with Crippen LogP contribution in [0.2, 0.25) is 0 Å². The van der Waals surface area contributed by atoms with Crippen LogP contribution in [0.15, 0.2) is 0 Å². The van der Waals surface area contributed by atoms with E-state index in [2.05, 4.69) is 26.6 Å². The number of alkyl carbamates (subject to hydrolysis) is 2. The molecule has 0 bridgehead atoms. The third-order valence-electron chi connectivity index (χ3n) is 5.87. The summed E-state index contributed by atoms with van der Waals surface area (Å²) in [5.74, 6) is -1.52. The molecule has 1 unspecified atom stereocenters. The van der Waals surface area contributed by atoms with Crippen LogP contribution >= 0.6 is 8.38 Å². The first-order valence-corrected chi connectivity index (χ1v) is 17.3. The molecule has 46 heavy (non-hydrogen) atoms. The van der Waals surface area contributed by atoms with Crippen molar-refractivity contribution in [3.63, 3.8) is 0 Å². The van der Waals surface area contributed by atoms with Crippen LogP contribution in [0.3, 0.4) is 0 Å². The van der Waals surface area contributed by atoms with Crippen molar-refractivity contribution in [1.82, 2.24) is 26.6 Å². The lowest BCUT2D eigenvalue weighted by Gasteiger charge is -2.29. The highest BCUT2D eigenvalue weighted by atomic mass is 31.2. The largest absolute Gasteiger partial charge is 0.444 e. The van der Waals surface area contributed by atoms with Crippen LogP contribution in [-0.4, -0.2) is 106 Å². The van der Waals surface area contributed by atoms with Gasteiger partial charge in [0.25, 0.3) is 0 Å². The van der Waals surface area contributed by atoms with Crippen LogP contribution in [0.4, 0.5) is 9.59 Å². The zero-order chi connectivity index (χ0) is 35.2. The average molecular weight is 680 g/mol. The molecule has 0 rings (SSSR count). The maximum atomic E-state index is 12.2. The lowest BCUT2D eigenvalue weighted by Crippen LogP contribution is -2.45. The molecule has 0 saturated heterocycles. The predicted octanol–water partition coefficient (Wildman–Crippen LogP) is 3.11. The minimum Gasteiger partial charge on any atom is -0.444 e.